The molecule has 1 aliphatic carbocycles. The minimum Gasteiger partial charge on any atom is -0.0622 e. The second-order valence-corrected chi connectivity index (χ2v) is 12.5. The van der Waals surface area contributed by atoms with Gasteiger partial charge in [0.15, 0.2) is 0 Å². The second kappa shape index (κ2) is 8.90. The number of rotatable bonds is 2. The van der Waals surface area contributed by atoms with Crippen molar-refractivity contribution >= 4 is 43.1 Å². The highest BCUT2D eigenvalue weighted by Crippen LogP contribution is 2.55. The molecule has 0 aliphatic heterocycles. The van der Waals surface area contributed by atoms with Crippen molar-refractivity contribution in [3.05, 3.63) is 157 Å². The van der Waals surface area contributed by atoms with E-state index in [0.29, 0.717) is 0 Å². The first kappa shape index (κ1) is 24.4. The van der Waals surface area contributed by atoms with Crippen LogP contribution in [0.5, 0.6) is 0 Å². The minimum atomic E-state index is -0.120. The summed E-state index contributed by atoms with van der Waals surface area (Å²) in [6.45, 7) is 4.80. The van der Waals surface area contributed by atoms with Crippen LogP contribution < -0.4 is 0 Å². The number of hydrogen-bond donors (Lipinski definition) is 0. The van der Waals surface area contributed by atoms with Crippen molar-refractivity contribution in [3.63, 3.8) is 0 Å². The lowest BCUT2D eigenvalue weighted by Crippen LogP contribution is -2.15. The van der Waals surface area contributed by atoms with E-state index in [4.69, 9.17) is 0 Å². The Hall–Kier alpha value is -5.20. The molecule has 43 heavy (non-hydrogen) atoms. The summed E-state index contributed by atoms with van der Waals surface area (Å²) in [6.07, 6.45) is 0. The molecule has 0 bridgehead atoms. The van der Waals surface area contributed by atoms with Crippen LogP contribution in [0.3, 0.4) is 0 Å². The highest BCUT2D eigenvalue weighted by Gasteiger charge is 2.38. The molecule has 0 heterocycles. The Kier molecular flexibility index (Phi) is 5.05. The first-order chi connectivity index (χ1) is 21.1. The van der Waals surface area contributed by atoms with Gasteiger partial charge in [-0.3, -0.25) is 0 Å². The van der Waals surface area contributed by atoms with Crippen LogP contribution in [0.2, 0.25) is 0 Å². The van der Waals surface area contributed by atoms with Crippen molar-refractivity contribution in [2.24, 2.45) is 0 Å². The van der Waals surface area contributed by atoms with Gasteiger partial charge < -0.3 is 0 Å². The molecule has 0 unspecified atom stereocenters. The molecule has 8 aromatic rings. The largest absolute Gasteiger partial charge is 0.0622 e. The molecule has 1 aliphatic rings. The van der Waals surface area contributed by atoms with Crippen LogP contribution in [0.4, 0.5) is 0 Å². The Bertz CT molecular complexity index is 2410. The van der Waals surface area contributed by atoms with E-state index in [1.165, 1.54) is 87.6 Å². The first-order valence-electron chi connectivity index (χ1n) is 15.2. The molecule has 0 saturated carbocycles. The summed E-state index contributed by atoms with van der Waals surface area (Å²) in [7, 11) is 0. The predicted octanol–water partition coefficient (Wildman–Crippen LogP) is 11.9. The Morgan fingerprint density at radius 1 is 0.372 bits per heavy atom. The van der Waals surface area contributed by atoms with Gasteiger partial charge in [0.05, 0.1) is 0 Å². The smallest absolute Gasteiger partial charge is 0.0165 e. The quantitative estimate of drug-likeness (QED) is 0.149. The number of hydrogen-bond acceptors (Lipinski definition) is 0. The van der Waals surface area contributed by atoms with Gasteiger partial charge in [0.1, 0.15) is 0 Å². The van der Waals surface area contributed by atoms with Crippen LogP contribution in [0.1, 0.15) is 25.0 Å². The predicted molar refractivity (Wildman–Crippen MR) is 185 cm³/mol. The van der Waals surface area contributed by atoms with Crippen molar-refractivity contribution in [1.82, 2.24) is 0 Å². The Morgan fingerprint density at radius 2 is 1.05 bits per heavy atom. The standard InChI is InChI=1S/C43H30/c1-43(2)39-19-11-10-18-35(39)41-36(27-12-4-3-5-13-27)24-30-20-21-31(26-37(30)42(41)43)40-33-17-9-7-15-29(33)25-38-32-16-8-6-14-28(32)22-23-34(38)40/h3-26H,1-2H3. The first-order valence-corrected chi connectivity index (χ1v) is 15.2. The molecule has 0 aromatic heterocycles. The van der Waals surface area contributed by atoms with E-state index in [1.54, 1.807) is 0 Å². The summed E-state index contributed by atoms with van der Waals surface area (Å²) < 4.78 is 0. The van der Waals surface area contributed by atoms with Crippen molar-refractivity contribution in [1.29, 1.82) is 0 Å². The summed E-state index contributed by atoms with van der Waals surface area (Å²) in [6, 6.07) is 54.1. The van der Waals surface area contributed by atoms with Crippen LogP contribution in [0.15, 0.2) is 146 Å². The van der Waals surface area contributed by atoms with E-state index < -0.39 is 0 Å². The molecular formula is C43H30. The Labute approximate surface area is 251 Å². The van der Waals surface area contributed by atoms with Gasteiger partial charge >= 0.3 is 0 Å². The van der Waals surface area contributed by atoms with E-state index in [1.807, 2.05) is 0 Å². The third-order valence-electron chi connectivity index (χ3n) is 9.78. The number of benzene rings is 8. The zero-order chi connectivity index (χ0) is 28.7. The van der Waals surface area contributed by atoms with Crippen molar-refractivity contribution in [3.8, 4) is 33.4 Å². The molecule has 0 N–H and O–H groups in total. The molecule has 0 saturated heterocycles. The molecule has 0 amide bonds. The average Bonchev–Trinajstić information content (AvgIpc) is 3.30. The lowest BCUT2D eigenvalue weighted by atomic mass is 9.78. The summed E-state index contributed by atoms with van der Waals surface area (Å²) in [5.41, 5.74) is 10.6. The van der Waals surface area contributed by atoms with Gasteiger partial charge in [-0.15, -0.1) is 0 Å². The van der Waals surface area contributed by atoms with Gasteiger partial charge in [-0.1, -0.05) is 141 Å². The Morgan fingerprint density at radius 3 is 1.91 bits per heavy atom. The summed E-state index contributed by atoms with van der Waals surface area (Å²) >= 11 is 0. The van der Waals surface area contributed by atoms with Crippen LogP contribution in [-0.2, 0) is 5.41 Å². The van der Waals surface area contributed by atoms with Gasteiger partial charge in [-0.25, -0.2) is 0 Å². The maximum Gasteiger partial charge on any atom is 0.0165 e. The van der Waals surface area contributed by atoms with Crippen LogP contribution in [0, 0.1) is 0 Å². The summed E-state index contributed by atoms with van der Waals surface area (Å²) in [5, 5.41) is 10.4. The third kappa shape index (κ3) is 3.44. The van der Waals surface area contributed by atoms with Crippen LogP contribution in [0.25, 0.3) is 76.5 Å². The number of fused-ring (bicyclic) bond motifs is 9. The molecule has 0 spiro atoms. The Balaban J connectivity index is 1.41. The fourth-order valence-electron chi connectivity index (χ4n) is 7.84. The van der Waals surface area contributed by atoms with Gasteiger partial charge in [0.25, 0.3) is 0 Å². The molecule has 0 heteroatoms. The van der Waals surface area contributed by atoms with Crippen LogP contribution >= 0.6 is 0 Å². The van der Waals surface area contributed by atoms with Gasteiger partial charge in [0.2, 0.25) is 0 Å². The van der Waals surface area contributed by atoms with Crippen LogP contribution in [-0.4, -0.2) is 0 Å². The monoisotopic (exact) mass is 546 g/mol. The molecular weight excluding hydrogens is 516 g/mol. The van der Waals surface area contributed by atoms with E-state index in [2.05, 4.69) is 159 Å². The zero-order valence-corrected chi connectivity index (χ0v) is 24.4. The van der Waals surface area contributed by atoms with Gasteiger partial charge in [-0.2, -0.15) is 0 Å². The van der Waals surface area contributed by atoms with Gasteiger partial charge in [-0.05, 0) is 106 Å². The lowest BCUT2D eigenvalue weighted by Gasteiger charge is -2.24. The highest BCUT2D eigenvalue weighted by molar-refractivity contribution is 6.20. The highest BCUT2D eigenvalue weighted by atomic mass is 14.4. The normalized spacial score (nSPS) is 13.5. The zero-order valence-electron chi connectivity index (χ0n) is 24.4. The average molecular weight is 547 g/mol. The molecule has 0 radical (unpaired) electrons. The maximum absolute atomic E-state index is 2.48. The van der Waals surface area contributed by atoms with E-state index in [9.17, 15) is 0 Å². The summed E-state index contributed by atoms with van der Waals surface area (Å²) in [5.74, 6) is 0. The van der Waals surface area contributed by atoms with E-state index in [-0.39, 0.29) is 5.41 Å². The molecule has 0 nitrogen and oxygen atoms in total. The molecule has 202 valence electrons. The molecule has 0 fully saturated rings. The SMILES string of the molecule is CC1(C)c2ccccc2-c2c(-c3ccccc3)cc3ccc(-c4c5ccccc5cc5c4ccc4ccccc45)cc3c21. The fourth-order valence-corrected chi connectivity index (χ4v) is 7.84. The second-order valence-electron chi connectivity index (χ2n) is 12.5. The fraction of sp³-hybridized carbons (Fsp3) is 0.0698. The summed E-state index contributed by atoms with van der Waals surface area (Å²) in [4.78, 5) is 0. The minimum absolute atomic E-state index is 0.120. The van der Waals surface area contributed by atoms with Crippen molar-refractivity contribution in [2.75, 3.05) is 0 Å². The molecule has 8 aromatic carbocycles. The van der Waals surface area contributed by atoms with Crippen molar-refractivity contribution in [2.45, 2.75) is 19.3 Å². The lowest BCUT2D eigenvalue weighted by molar-refractivity contribution is 0.666. The van der Waals surface area contributed by atoms with E-state index >= 15 is 0 Å². The van der Waals surface area contributed by atoms with Crippen molar-refractivity contribution < 1.29 is 0 Å². The van der Waals surface area contributed by atoms with E-state index in [0.717, 1.165) is 0 Å². The molecule has 0 atom stereocenters. The van der Waals surface area contributed by atoms with Gasteiger partial charge in [0, 0.05) is 5.41 Å². The maximum atomic E-state index is 2.48. The topological polar surface area (TPSA) is 0 Å². The third-order valence-corrected chi connectivity index (χ3v) is 9.78. The molecule has 9 rings (SSSR count).